The van der Waals surface area contributed by atoms with Crippen LogP contribution < -0.4 is 26.2 Å². The van der Waals surface area contributed by atoms with E-state index in [1.54, 1.807) is 0 Å². The van der Waals surface area contributed by atoms with Crippen molar-refractivity contribution in [2.75, 3.05) is 9.80 Å². The predicted molar refractivity (Wildman–Crippen MR) is 321 cm³/mol. The van der Waals surface area contributed by atoms with Gasteiger partial charge in [-0.2, -0.15) is 0 Å². The molecule has 0 unspecified atom stereocenters. The van der Waals surface area contributed by atoms with Gasteiger partial charge in [-0.15, -0.1) is 0 Å². The fraction of sp³-hybridized carbons (Fsp3) is 0.239. The summed E-state index contributed by atoms with van der Waals surface area (Å²) in [5, 5.41) is 0. The highest BCUT2D eigenvalue weighted by atomic mass is 15.2. The van der Waals surface area contributed by atoms with E-state index in [1.807, 2.05) is 0 Å². The third-order valence-corrected chi connectivity index (χ3v) is 15.4. The first-order chi connectivity index (χ1) is 35.2. The summed E-state index contributed by atoms with van der Waals surface area (Å²) in [6.45, 7) is 28.1. The molecular weight excluding hydrogens is 892 g/mol. The number of para-hydroxylation sites is 1. The number of anilines is 6. The second kappa shape index (κ2) is 18.2. The van der Waals surface area contributed by atoms with Gasteiger partial charge in [0.05, 0.1) is 5.69 Å². The van der Waals surface area contributed by atoms with Gasteiger partial charge in [0.15, 0.2) is 0 Å². The largest absolute Gasteiger partial charge is 0.311 e. The van der Waals surface area contributed by atoms with Crippen LogP contribution in [0.15, 0.2) is 200 Å². The van der Waals surface area contributed by atoms with Crippen LogP contribution in [0.4, 0.5) is 34.1 Å². The average molecular weight is 963 g/mol. The van der Waals surface area contributed by atoms with E-state index in [1.165, 1.54) is 112 Å². The summed E-state index contributed by atoms with van der Waals surface area (Å²) >= 11 is 0. The molecule has 0 saturated heterocycles. The second-order valence-electron chi connectivity index (χ2n) is 25.3. The van der Waals surface area contributed by atoms with Crippen LogP contribution in [0, 0.1) is 5.41 Å². The van der Waals surface area contributed by atoms with Crippen LogP contribution in [0.3, 0.4) is 0 Å². The van der Waals surface area contributed by atoms with Crippen molar-refractivity contribution in [1.82, 2.24) is 0 Å². The van der Waals surface area contributed by atoms with E-state index in [2.05, 4.69) is 293 Å². The van der Waals surface area contributed by atoms with Crippen LogP contribution in [-0.4, -0.2) is 6.71 Å². The molecule has 3 heteroatoms. The molecule has 368 valence electrons. The Morgan fingerprint density at radius 3 is 1.35 bits per heavy atom. The van der Waals surface area contributed by atoms with Gasteiger partial charge in [0.2, 0.25) is 0 Å². The zero-order valence-electron chi connectivity index (χ0n) is 45.7. The molecule has 2 aliphatic rings. The van der Waals surface area contributed by atoms with E-state index < -0.39 is 0 Å². The zero-order chi connectivity index (χ0) is 51.9. The quantitative estimate of drug-likeness (QED) is 0.147. The van der Waals surface area contributed by atoms with Gasteiger partial charge >= 0.3 is 0 Å². The number of benzene rings is 9. The normalized spacial score (nSPS) is 13.4. The first-order valence-corrected chi connectivity index (χ1v) is 26.8. The van der Waals surface area contributed by atoms with Crippen molar-refractivity contribution in [3.8, 4) is 44.5 Å². The molecule has 2 nitrogen and oxygen atoms in total. The predicted octanol–water partition coefficient (Wildman–Crippen LogP) is 17.9. The smallest absolute Gasteiger partial charge is 0.252 e. The number of fused-ring (bicyclic) bond motifs is 4. The first-order valence-electron chi connectivity index (χ1n) is 26.8. The molecule has 9 aromatic carbocycles. The Labute approximate surface area is 442 Å². The number of rotatable bonds is 7. The Morgan fingerprint density at radius 1 is 0.324 bits per heavy atom. The zero-order valence-corrected chi connectivity index (χ0v) is 45.7. The number of nitrogens with zero attached hydrogens (tertiary/aromatic N) is 2. The van der Waals surface area contributed by atoms with Crippen molar-refractivity contribution in [1.29, 1.82) is 0 Å². The van der Waals surface area contributed by atoms with E-state index >= 15 is 0 Å². The molecular formula is C71H71BN2. The van der Waals surface area contributed by atoms with Crippen molar-refractivity contribution < 1.29 is 0 Å². The maximum absolute atomic E-state index is 2.63. The van der Waals surface area contributed by atoms with Gasteiger partial charge in [0.25, 0.3) is 6.71 Å². The van der Waals surface area contributed by atoms with Gasteiger partial charge in [-0.1, -0.05) is 241 Å². The molecule has 0 fully saturated rings. The van der Waals surface area contributed by atoms with E-state index in [4.69, 9.17) is 0 Å². The monoisotopic (exact) mass is 963 g/mol. The highest BCUT2D eigenvalue weighted by Gasteiger charge is 2.45. The molecule has 11 rings (SSSR count). The summed E-state index contributed by atoms with van der Waals surface area (Å²) in [5.74, 6) is 0. The fourth-order valence-electron chi connectivity index (χ4n) is 11.5. The lowest BCUT2D eigenvalue weighted by molar-refractivity contribution is 0.412. The van der Waals surface area contributed by atoms with Crippen molar-refractivity contribution in [2.24, 2.45) is 5.41 Å². The standard InChI is InChI=1S/C71H71BN2/c1-68(2,3)46-52-27-19-20-28-58(52)51-34-38-63-61(42-51)72-60-41-50(48-25-17-14-18-26-48)33-37-64(60)74(62-30-22-21-29-59(62)53-39-54(69(4,5)6)43-55(40-53)70(7,8)9)66-45-56(71(10,11)12)44-65(67(66)72)73(63)57-35-31-49(32-36-57)47-23-15-13-16-24-47/h13-45H,46H2,1-12H3. The first kappa shape index (κ1) is 48.9. The molecule has 0 aliphatic carbocycles. The molecule has 0 atom stereocenters. The van der Waals surface area contributed by atoms with Gasteiger partial charge in [0.1, 0.15) is 0 Å². The molecule has 0 aromatic heterocycles. The Hall–Kier alpha value is -7.36. The van der Waals surface area contributed by atoms with Crippen LogP contribution in [0.25, 0.3) is 44.5 Å². The molecule has 0 radical (unpaired) electrons. The van der Waals surface area contributed by atoms with Crippen LogP contribution >= 0.6 is 0 Å². The second-order valence-corrected chi connectivity index (χ2v) is 25.3. The third kappa shape index (κ3) is 9.10. The van der Waals surface area contributed by atoms with Crippen LogP contribution in [0.5, 0.6) is 0 Å². The summed E-state index contributed by atoms with van der Waals surface area (Å²) in [6, 6.07) is 76.3. The minimum atomic E-state index is -0.157. The van der Waals surface area contributed by atoms with E-state index in [-0.39, 0.29) is 28.4 Å². The highest BCUT2D eigenvalue weighted by molar-refractivity contribution is 7.00. The van der Waals surface area contributed by atoms with E-state index in [0.717, 1.165) is 12.1 Å². The number of hydrogen-bond acceptors (Lipinski definition) is 2. The van der Waals surface area contributed by atoms with Crippen molar-refractivity contribution in [3.63, 3.8) is 0 Å². The lowest BCUT2D eigenvalue weighted by Gasteiger charge is -2.45. The van der Waals surface area contributed by atoms with Crippen LogP contribution in [-0.2, 0) is 22.7 Å². The van der Waals surface area contributed by atoms with Crippen LogP contribution in [0.2, 0.25) is 0 Å². The third-order valence-electron chi connectivity index (χ3n) is 15.4. The van der Waals surface area contributed by atoms with Gasteiger partial charge in [-0.3, -0.25) is 0 Å². The summed E-state index contributed by atoms with van der Waals surface area (Å²) in [4.78, 5) is 5.22. The minimum absolute atomic E-state index is 0.0356. The molecule has 0 spiro atoms. The van der Waals surface area contributed by atoms with E-state index in [0.29, 0.717) is 0 Å². The lowest BCUT2D eigenvalue weighted by atomic mass is 9.33. The Bertz CT molecular complexity index is 3530. The SMILES string of the molecule is CC(C)(C)Cc1ccccc1-c1ccc2c(c1)B1c3cc(-c4ccccc4)ccc3N(c3ccccc3-c3cc(C(C)(C)C)cc(C(C)(C)C)c3)c3cc(C(C)(C)C)cc(c31)N2c1ccc(-c2ccccc2)cc1. The molecule has 0 amide bonds. The molecule has 2 aliphatic heterocycles. The van der Waals surface area contributed by atoms with Gasteiger partial charge in [-0.05, 0) is 148 Å². The number of hydrogen-bond donors (Lipinski definition) is 0. The Balaban J connectivity index is 1.24. The van der Waals surface area contributed by atoms with Gasteiger partial charge in [0, 0.05) is 34.0 Å². The summed E-state index contributed by atoms with van der Waals surface area (Å²) in [5.41, 5.74) is 26.3. The molecule has 0 saturated carbocycles. The maximum Gasteiger partial charge on any atom is 0.252 e. The summed E-state index contributed by atoms with van der Waals surface area (Å²) in [6.07, 6.45) is 0.986. The summed E-state index contributed by atoms with van der Waals surface area (Å²) < 4.78 is 0. The minimum Gasteiger partial charge on any atom is -0.311 e. The van der Waals surface area contributed by atoms with Gasteiger partial charge in [-0.25, -0.2) is 0 Å². The molecule has 0 bridgehead atoms. The summed E-state index contributed by atoms with van der Waals surface area (Å²) in [7, 11) is 0. The maximum atomic E-state index is 2.63. The van der Waals surface area contributed by atoms with Crippen LogP contribution in [0.1, 0.15) is 105 Å². The topological polar surface area (TPSA) is 6.48 Å². The molecule has 2 heterocycles. The lowest BCUT2D eigenvalue weighted by Crippen LogP contribution is -2.61. The average Bonchev–Trinajstić information content (AvgIpc) is 3.40. The van der Waals surface area contributed by atoms with Crippen molar-refractivity contribution >= 4 is 57.2 Å². The molecule has 9 aromatic rings. The van der Waals surface area contributed by atoms with Crippen molar-refractivity contribution in [3.05, 3.63) is 222 Å². The van der Waals surface area contributed by atoms with Crippen molar-refractivity contribution in [2.45, 2.75) is 106 Å². The highest BCUT2D eigenvalue weighted by Crippen LogP contribution is 2.50. The fourth-order valence-corrected chi connectivity index (χ4v) is 11.5. The Kier molecular flexibility index (Phi) is 12.0. The van der Waals surface area contributed by atoms with Gasteiger partial charge < -0.3 is 9.80 Å². The van der Waals surface area contributed by atoms with E-state index in [9.17, 15) is 0 Å². The molecule has 74 heavy (non-hydrogen) atoms. The Morgan fingerprint density at radius 2 is 0.770 bits per heavy atom. The molecule has 0 N–H and O–H groups in total.